The van der Waals surface area contributed by atoms with Crippen molar-refractivity contribution in [1.82, 2.24) is 10.2 Å². The number of hydrogen-bond donors (Lipinski definition) is 0. The van der Waals surface area contributed by atoms with Crippen LogP contribution in [0.15, 0.2) is 48.5 Å². The molecule has 0 aliphatic rings. The Kier molecular flexibility index (Phi) is 3.99. The van der Waals surface area contributed by atoms with E-state index in [0.29, 0.717) is 0 Å². The normalized spacial score (nSPS) is 12.3. The van der Waals surface area contributed by atoms with Gasteiger partial charge in [-0.3, -0.25) is 0 Å². The van der Waals surface area contributed by atoms with Crippen molar-refractivity contribution in [3.8, 4) is 10.6 Å². The van der Waals surface area contributed by atoms with Crippen molar-refractivity contribution in [2.45, 2.75) is 12.3 Å². The summed E-state index contributed by atoms with van der Waals surface area (Å²) in [7, 11) is 0. The highest BCUT2D eigenvalue weighted by molar-refractivity contribution is 7.15. The lowest BCUT2D eigenvalue weighted by atomic mass is 10.1. The number of aromatic nitrogens is 2. The SMILES string of the molecule is Cc1cc(F)ccc1-c1nnc(C(Cl)c2ccccc2)s1. The van der Waals surface area contributed by atoms with Gasteiger partial charge in [-0.15, -0.1) is 21.8 Å². The van der Waals surface area contributed by atoms with Gasteiger partial charge < -0.3 is 0 Å². The van der Waals surface area contributed by atoms with Gasteiger partial charge in [-0.25, -0.2) is 4.39 Å². The molecule has 0 N–H and O–H groups in total. The van der Waals surface area contributed by atoms with Crippen LogP contribution in [0.25, 0.3) is 10.6 Å². The van der Waals surface area contributed by atoms with E-state index in [9.17, 15) is 4.39 Å². The number of halogens is 2. The maximum atomic E-state index is 13.2. The van der Waals surface area contributed by atoms with Crippen molar-refractivity contribution in [2.24, 2.45) is 0 Å². The number of rotatable bonds is 3. The molecule has 0 amide bonds. The molecular formula is C16H12ClFN2S. The third kappa shape index (κ3) is 2.96. The summed E-state index contributed by atoms with van der Waals surface area (Å²) in [6, 6.07) is 14.4. The molecule has 5 heteroatoms. The second kappa shape index (κ2) is 5.92. The molecule has 0 saturated heterocycles. The average molecular weight is 319 g/mol. The molecule has 0 spiro atoms. The zero-order chi connectivity index (χ0) is 14.8. The highest BCUT2D eigenvalue weighted by Gasteiger charge is 2.17. The van der Waals surface area contributed by atoms with Gasteiger partial charge in [0, 0.05) is 5.56 Å². The van der Waals surface area contributed by atoms with Crippen molar-refractivity contribution in [2.75, 3.05) is 0 Å². The van der Waals surface area contributed by atoms with Crippen LogP contribution in [0.2, 0.25) is 0 Å². The zero-order valence-corrected chi connectivity index (χ0v) is 12.8. The molecule has 0 radical (unpaired) electrons. The quantitative estimate of drug-likeness (QED) is 0.636. The maximum absolute atomic E-state index is 13.2. The Bertz CT molecular complexity index is 758. The first-order valence-electron chi connectivity index (χ1n) is 6.44. The molecule has 1 heterocycles. The summed E-state index contributed by atoms with van der Waals surface area (Å²) in [6.07, 6.45) is 0. The predicted octanol–water partition coefficient (Wildman–Crippen LogP) is 4.98. The maximum Gasteiger partial charge on any atom is 0.148 e. The average Bonchev–Trinajstić information content (AvgIpc) is 2.97. The number of alkyl halides is 1. The van der Waals surface area contributed by atoms with E-state index in [4.69, 9.17) is 11.6 Å². The van der Waals surface area contributed by atoms with Crippen LogP contribution in [0.3, 0.4) is 0 Å². The van der Waals surface area contributed by atoms with Crippen LogP contribution in [0, 0.1) is 12.7 Å². The van der Waals surface area contributed by atoms with E-state index >= 15 is 0 Å². The van der Waals surface area contributed by atoms with Crippen molar-refractivity contribution in [3.05, 3.63) is 70.5 Å². The molecule has 1 atom stereocenters. The van der Waals surface area contributed by atoms with E-state index in [2.05, 4.69) is 10.2 Å². The molecule has 1 unspecified atom stereocenters. The molecule has 3 aromatic rings. The Balaban J connectivity index is 1.93. The van der Waals surface area contributed by atoms with Crippen LogP contribution in [-0.2, 0) is 0 Å². The fourth-order valence-corrected chi connectivity index (χ4v) is 3.34. The van der Waals surface area contributed by atoms with Gasteiger partial charge in [0.1, 0.15) is 21.2 Å². The molecule has 0 fully saturated rings. The van der Waals surface area contributed by atoms with Crippen molar-refractivity contribution >= 4 is 22.9 Å². The molecule has 1 aromatic heterocycles. The Labute approximate surface area is 131 Å². The molecule has 21 heavy (non-hydrogen) atoms. The molecule has 2 aromatic carbocycles. The number of benzene rings is 2. The molecular weight excluding hydrogens is 307 g/mol. The van der Waals surface area contributed by atoms with Crippen LogP contribution in [-0.4, -0.2) is 10.2 Å². The summed E-state index contributed by atoms with van der Waals surface area (Å²) < 4.78 is 13.2. The smallest absolute Gasteiger partial charge is 0.148 e. The minimum atomic E-state index is -0.321. The van der Waals surface area contributed by atoms with E-state index in [1.807, 2.05) is 37.3 Å². The standard InChI is InChI=1S/C16H12ClFN2S/c1-10-9-12(18)7-8-13(10)15-19-20-16(21-15)14(17)11-5-3-2-4-6-11/h2-9,14H,1H3. The van der Waals surface area contributed by atoms with Gasteiger partial charge in [-0.2, -0.15) is 0 Å². The Morgan fingerprint density at radius 1 is 1.10 bits per heavy atom. The molecule has 3 rings (SSSR count). The minimum Gasteiger partial charge on any atom is -0.207 e. The van der Waals surface area contributed by atoms with Gasteiger partial charge in [0.15, 0.2) is 0 Å². The number of aryl methyl sites for hydroxylation is 1. The topological polar surface area (TPSA) is 25.8 Å². The predicted molar refractivity (Wildman–Crippen MR) is 84.2 cm³/mol. The van der Waals surface area contributed by atoms with Crippen LogP contribution in [0.5, 0.6) is 0 Å². The first-order valence-corrected chi connectivity index (χ1v) is 7.69. The fourth-order valence-electron chi connectivity index (χ4n) is 2.08. The molecule has 2 nitrogen and oxygen atoms in total. The van der Waals surface area contributed by atoms with Gasteiger partial charge in [-0.05, 0) is 36.2 Å². The van der Waals surface area contributed by atoms with E-state index in [0.717, 1.165) is 26.7 Å². The van der Waals surface area contributed by atoms with Crippen LogP contribution in [0.1, 0.15) is 21.5 Å². The van der Waals surface area contributed by atoms with E-state index in [1.54, 1.807) is 6.07 Å². The van der Waals surface area contributed by atoms with Crippen molar-refractivity contribution < 1.29 is 4.39 Å². The fraction of sp³-hybridized carbons (Fsp3) is 0.125. The van der Waals surface area contributed by atoms with E-state index < -0.39 is 0 Å². The number of nitrogens with zero attached hydrogens (tertiary/aromatic N) is 2. The van der Waals surface area contributed by atoms with Gasteiger partial charge in [0.25, 0.3) is 0 Å². The summed E-state index contributed by atoms with van der Waals surface area (Å²) in [4.78, 5) is 0. The summed E-state index contributed by atoms with van der Waals surface area (Å²) in [5.74, 6) is -0.250. The third-order valence-electron chi connectivity index (χ3n) is 3.17. The third-order valence-corrected chi connectivity index (χ3v) is 4.78. The Morgan fingerprint density at radius 2 is 1.86 bits per heavy atom. The molecule has 0 saturated carbocycles. The summed E-state index contributed by atoms with van der Waals surface area (Å²) >= 11 is 7.88. The van der Waals surface area contributed by atoms with Crippen LogP contribution >= 0.6 is 22.9 Å². The first kappa shape index (κ1) is 14.2. The van der Waals surface area contributed by atoms with Gasteiger partial charge in [0.05, 0.1) is 0 Å². The lowest BCUT2D eigenvalue weighted by Crippen LogP contribution is -1.91. The Hall–Kier alpha value is -1.78. The minimum absolute atomic E-state index is 0.250. The van der Waals surface area contributed by atoms with Gasteiger partial charge in [0.2, 0.25) is 0 Å². The largest absolute Gasteiger partial charge is 0.207 e. The highest BCUT2D eigenvalue weighted by Crippen LogP contribution is 2.34. The first-order chi connectivity index (χ1) is 10.1. The lowest BCUT2D eigenvalue weighted by Gasteiger charge is -2.04. The van der Waals surface area contributed by atoms with Crippen molar-refractivity contribution in [1.29, 1.82) is 0 Å². The monoisotopic (exact) mass is 318 g/mol. The summed E-state index contributed by atoms with van der Waals surface area (Å²) in [5, 5.41) is 9.53. The van der Waals surface area contributed by atoms with Crippen LogP contribution < -0.4 is 0 Å². The van der Waals surface area contributed by atoms with Crippen LogP contribution in [0.4, 0.5) is 4.39 Å². The van der Waals surface area contributed by atoms with Gasteiger partial charge in [-0.1, -0.05) is 41.7 Å². The van der Waals surface area contributed by atoms with E-state index in [-0.39, 0.29) is 11.2 Å². The summed E-state index contributed by atoms with van der Waals surface area (Å²) in [5.41, 5.74) is 2.71. The summed E-state index contributed by atoms with van der Waals surface area (Å²) in [6.45, 7) is 1.86. The molecule has 0 bridgehead atoms. The zero-order valence-electron chi connectivity index (χ0n) is 11.3. The molecule has 106 valence electrons. The van der Waals surface area contributed by atoms with E-state index in [1.165, 1.54) is 23.5 Å². The Morgan fingerprint density at radius 3 is 2.57 bits per heavy atom. The lowest BCUT2D eigenvalue weighted by molar-refractivity contribution is 0.627. The second-order valence-electron chi connectivity index (χ2n) is 4.68. The van der Waals surface area contributed by atoms with Gasteiger partial charge >= 0.3 is 0 Å². The molecule has 0 aliphatic carbocycles. The molecule has 0 aliphatic heterocycles. The second-order valence-corrected chi connectivity index (χ2v) is 6.12. The highest BCUT2D eigenvalue weighted by atomic mass is 35.5. The number of hydrogen-bond acceptors (Lipinski definition) is 3. The van der Waals surface area contributed by atoms with Crippen molar-refractivity contribution in [3.63, 3.8) is 0 Å².